The van der Waals surface area contributed by atoms with Crippen LogP contribution in [0.25, 0.3) is 22.2 Å². The van der Waals surface area contributed by atoms with E-state index in [1.807, 2.05) is 59.5 Å². The molecule has 25 heavy (non-hydrogen) atoms. The number of nitrogens with zero attached hydrogens (tertiary/aromatic N) is 3. The Bertz CT molecular complexity index is 855. The molecular formula is C21H23N3O. The van der Waals surface area contributed by atoms with Crippen LogP contribution < -0.4 is 0 Å². The molecule has 0 unspecified atom stereocenters. The van der Waals surface area contributed by atoms with Crippen molar-refractivity contribution in [3.8, 4) is 11.3 Å². The van der Waals surface area contributed by atoms with Crippen LogP contribution in [0, 0.1) is 0 Å². The van der Waals surface area contributed by atoms with E-state index in [9.17, 15) is 4.79 Å². The summed E-state index contributed by atoms with van der Waals surface area (Å²) in [5.41, 5.74) is 2.97. The number of rotatable bonds is 6. The predicted molar refractivity (Wildman–Crippen MR) is 101 cm³/mol. The third-order valence-electron chi connectivity index (χ3n) is 4.20. The molecule has 3 rings (SSSR count). The Kier molecular flexibility index (Phi) is 5.39. The number of amides is 1. The van der Waals surface area contributed by atoms with Crippen molar-refractivity contribution in [2.24, 2.45) is 0 Å². The zero-order valence-electron chi connectivity index (χ0n) is 14.8. The van der Waals surface area contributed by atoms with Gasteiger partial charge in [0.2, 0.25) is 0 Å². The van der Waals surface area contributed by atoms with E-state index < -0.39 is 0 Å². The zero-order valence-corrected chi connectivity index (χ0v) is 14.8. The molecular weight excluding hydrogens is 310 g/mol. The van der Waals surface area contributed by atoms with Gasteiger partial charge >= 0.3 is 0 Å². The average Bonchev–Trinajstić information content (AvgIpc) is 2.67. The molecule has 0 fully saturated rings. The van der Waals surface area contributed by atoms with Crippen LogP contribution in [0.15, 0.2) is 54.6 Å². The first-order valence-corrected chi connectivity index (χ1v) is 8.86. The lowest BCUT2D eigenvalue weighted by Gasteiger charge is -2.23. The SMILES string of the molecule is CCCN(CCC)C(=O)c1c(-c2ccccc2)nnc2ccccc12. The zero-order chi connectivity index (χ0) is 17.6. The largest absolute Gasteiger partial charge is 0.339 e. The van der Waals surface area contributed by atoms with Gasteiger partial charge in [0.15, 0.2) is 0 Å². The van der Waals surface area contributed by atoms with Gasteiger partial charge in [-0.15, -0.1) is 10.2 Å². The standard InChI is InChI=1S/C21H23N3O/c1-3-14-24(15-4-2)21(25)19-17-12-8-9-13-18(17)22-23-20(19)16-10-6-5-7-11-16/h5-13H,3-4,14-15H2,1-2H3. The van der Waals surface area contributed by atoms with Crippen molar-refractivity contribution in [2.75, 3.05) is 13.1 Å². The van der Waals surface area contributed by atoms with Gasteiger partial charge in [-0.05, 0) is 18.9 Å². The first-order chi connectivity index (χ1) is 12.3. The minimum Gasteiger partial charge on any atom is -0.339 e. The molecule has 0 radical (unpaired) electrons. The molecule has 0 aliphatic rings. The minimum atomic E-state index is 0.0358. The van der Waals surface area contributed by atoms with Crippen molar-refractivity contribution >= 4 is 16.8 Å². The summed E-state index contributed by atoms with van der Waals surface area (Å²) in [6.07, 6.45) is 1.87. The molecule has 1 amide bonds. The van der Waals surface area contributed by atoms with Crippen molar-refractivity contribution in [3.63, 3.8) is 0 Å². The molecule has 4 heteroatoms. The number of carbonyl (C=O) groups is 1. The van der Waals surface area contributed by atoms with Gasteiger partial charge < -0.3 is 4.90 Å². The summed E-state index contributed by atoms with van der Waals surface area (Å²) in [5, 5.41) is 9.59. The highest BCUT2D eigenvalue weighted by molar-refractivity contribution is 6.10. The Morgan fingerprint density at radius 2 is 1.52 bits per heavy atom. The summed E-state index contributed by atoms with van der Waals surface area (Å²) in [5.74, 6) is 0.0358. The number of hydrogen-bond donors (Lipinski definition) is 0. The molecule has 2 aromatic carbocycles. The topological polar surface area (TPSA) is 46.1 Å². The summed E-state index contributed by atoms with van der Waals surface area (Å²) in [7, 11) is 0. The van der Waals surface area contributed by atoms with Crippen LogP contribution >= 0.6 is 0 Å². The van der Waals surface area contributed by atoms with E-state index in [2.05, 4.69) is 24.0 Å². The molecule has 0 aliphatic heterocycles. The molecule has 0 bridgehead atoms. The van der Waals surface area contributed by atoms with Crippen LogP contribution in [0.2, 0.25) is 0 Å². The number of fused-ring (bicyclic) bond motifs is 1. The van der Waals surface area contributed by atoms with Gasteiger partial charge in [-0.2, -0.15) is 0 Å². The maximum absolute atomic E-state index is 13.4. The second-order valence-electron chi connectivity index (χ2n) is 6.10. The smallest absolute Gasteiger partial charge is 0.256 e. The Hall–Kier alpha value is -2.75. The normalized spacial score (nSPS) is 10.8. The molecule has 0 saturated heterocycles. The van der Waals surface area contributed by atoms with Gasteiger partial charge in [-0.25, -0.2) is 0 Å². The van der Waals surface area contributed by atoms with E-state index in [0.717, 1.165) is 42.4 Å². The van der Waals surface area contributed by atoms with E-state index >= 15 is 0 Å². The molecule has 4 nitrogen and oxygen atoms in total. The lowest BCUT2D eigenvalue weighted by molar-refractivity contribution is 0.0758. The van der Waals surface area contributed by atoms with Crippen LogP contribution in [0.1, 0.15) is 37.0 Å². The second-order valence-corrected chi connectivity index (χ2v) is 6.10. The van der Waals surface area contributed by atoms with Crippen molar-refractivity contribution < 1.29 is 4.79 Å². The van der Waals surface area contributed by atoms with Crippen molar-refractivity contribution in [3.05, 3.63) is 60.2 Å². The summed E-state index contributed by atoms with van der Waals surface area (Å²) in [6.45, 7) is 5.68. The van der Waals surface area contributed by atoms with Crippen molar-refractivity contribution in [2.45, 2.75) is 26.7 Å². The van der Waals surface area contributed by atoms with Gasteiger partial charge in [0.05, 0.1) is 11.1 Å². The Balaban J connectivity index is 2.21. The fourth-order valence-corrected chi connectivity index (χ4v) is 3.08. The Morgan fingerprint density at radius 3 is 2.20 bits per heavy atom. The highest BCUT2D eigenvalue weighted by Crippen LogP contribution is 2.28. The summed E-state index contributed by atoms with van der Waals surface area (Å²) >= 11 is 0. The van der Waals surface area contributed by atoms with Crippen LogP contribution in [0.5, 0.6) is 0 Å². The molecule has 0 atom stereocenters. The Morgan fingerprint density at radius 1 is 0.880 bits per heavy atom. The van der Waals surface area contributed by atoms with Crippen LogP contribution in [-0.2, 0) is 0 Å². The number of carbonyl (C=O) groups excluding carboxylic acids is 1. The fourth-order valence-electron chi connectivity index (χ4n) is 3.08. The lowest BCUT2D eigenvalue weighted by atomic mass is 10.0. The Labute approximate surface area is 148 Å². The molecule has 1 aromatic heterocycles. The third-order valence-corrected chi connectivity index (χ3v) is 4.20. The van der Waals surface area contributed by atoms with Gasteiger partial charge in [-0.1, -0.05) is 62.4 Å². The average molecular weight is 333 g/mol. The third kappa shape index (κ3) is 3.53. The van der Waals surface area contributed by atoms with E-state index in [-0.39, 0.29) is 5.91 Å². The fraction of sp³-hybridized carbons (Fsp3) is 0.286. The van der Waals surface area contributed by atoms with E-state index in [1.54, 1.807) is 0 Å². The first kappa shape index (κ1) is 17.1. The molecule has 0 aliphatic carbocycles. The lowest BCUT2D eigenvalue weighted by Crippen LogP contribution is -2.33. The molecule has 0 saturated carbocycles. The summed E-state index contributed by atoms with van der Waals surface area (Å²) in [6, 6.07) is 17.5. The van der Waals surface area contributed by atoms with Crippen LogP contribution in [-0.4, -0.2) is 34.1 Å². The van der Waals surface area contributed by atoms with Crippen LogP contribution in [0.4, 0.5) is 0 Å². The van der Waals surface area contributed by atoms with Crippen molar-refractivity contribution in [1.29, 1.82) is 0 Å². The van der Waals surface area contributed by atoms with Gasteiger partial charge in [0, 0.05) is 24.0 Å². The maximum Gasteiger partial charge on any atom is 0.256 e. The van der Waals surface area contributed by atoms with E-state index in [1.165, 1.54) is 0 Å². The first-order valence-electron chi connectivity index (χ1n) is 8.86. The predicted octanol–water partition coefficient (Wildman–Crippen LogP) is 4.56. The number of hydrogen-bond acceptors (Lipinski definition) is 3. The molecule has 0 spiro atoms. The monoisotopic (exact) mass is 333 g/mol. The van der Waals surface area contributed by atoms with Crippen molar-refractivity contribution in [1.82, 2.24) is 15.1 Å². The number of benzene rings is 2. The van der Waals surface area contributed by atoms with E-state index in [4.69, 9.17) is 0 Å². The highest BCUT2D eigenvalue weighted by atomic mass is 16.2. The van der Waals surface area contributed by atoms with E-state index in [0.29, 0.717) is 11.3 Å². The summed E-state index contributed by atoms with van der Waals surface area (Å²) < 4.78 is 0. The molecule has 1 heterocycles. The van der Waals surface area contributed by atoms with Crippen LogP contribution in [0.3, 0.4) is 0 Å². The van der Waals surface area contributed by atoms with Gasteiger partial charge in [0.1, 0.15) is 5.69 Å². The highest BCUT2D eigenvalue weighted by Gasteiger charge is 2.23. The second kappa shape index (κ2) is 7.88. The number of aromatic nitrogens is 2. The van der Waals surface area contributed by atoms with Gasteiger partial charge in [0.25, 0.3) is 5.91 Å². The molecule has 128 valence electrons. The molecule has 0 N–H and O–H groups in total. The minimum absolute atomic E-state index is 0.0358. The quantitative estimate of drug-likeness (QED) is 0.664. The molecule has 3 aromatic rings. The van der Waals surface area contributed by atoms with Gasteiger partial charge in [-0.3, -0.25) is 4.79 Å². The maximum atomic E-state index is 13.4. The summed E-state index contributed by atoms with van der Waals surface area (Å²) in [4.78, 5) is 15.3.